The van der Waals surface area contributed by atoms with Crippen molar-refractivity contribution in [1.29, 1.82) is 0 Å². The molecule has 18 heavy (non-hydrogen) atoms. The molecule has 102 valence electrons. The lowest BCUT2D eigenvalue weighted by Gasteiger charge is -2.10. The van der Waals surface area contributed by atoms with Crippen LogP contribution >= 0.6 is 0 Å². The molecule has 0 heterocycles. The summed E-state index contributed by atoms with van der Waals surface area (Å²) in [6.07, 6.45) is 0.779. The molecule has 2 unspecified atom stereocenters. The fourth-order valence-corrected chi connectivity index (χ4v) is 2.51. The normalized spacial score (nSPS) is 13.9. The minimum absolute atomic E-state index is 0.101. The number of hydrogen-bond donors (Lipinski definition) is 1. The van der Waals surface area contributed by atoms with Crippen LogP contribution in [0, 0.1) is 0 Å². The van der Waals surface area contributed by atoms with Crippen LogP contribution in [0.15, 0.2) is 24.3 Å². The Hall–Kier alpha value is -1.07. The van der Waals surface area contributed by atoms with E-state index in [0.29, 0.717) is 29.6 Å². The molecule has 1 aromatic carbocycles. The molecule has 1 rings (SSSR count). The first-order chi connectivity index (χ1) is 8.63. The van der Waals surface area contributed by atoms with E-state index in [9.17, 15) is 4.21 Å². The van der Waals surface area contributed by atoms with Gasteiger partial charge < -0.3 is 15.2 Å². The van der Waals surface area contributed by atoms with Crippen LogP contribution in [0.5, 0.6) is 11.5 Å². The van der Waals surface area contributed by atoms with E-state index in [1.165, 1.54) is 0 Å². The summed E-state index contributed by atoms with van der Waals surface area (Å²) in [5, 5.41) is 0. The van der Waals surface area contributed by atoms with Gasteiger partial charge in [0.05, 0.1) is 19.5 Å². The quantitative estimate of drug-likeness (QED) is 0.779. The zero-order valence-corrected chi connectivity index (χ0v) is 11.7. The molecule has 5 heteroatoms. The molecule has 0 saturated heterocycles. The Kier molecular flexibility index (Phi) is 6.75. The molecule has 0 aliphatic rings. The van der Waals surface area contributed by atoms with Crippen LogP contribution in [-0.2, 0) is 10.8 Å². The summed E-state index contributed by atoms with van der Waals surface area (Å²) in [7, 11) is 0.732. The lowest BCUT2D eigenvalue weighted by atomic mass is 10.3. The molecule has 0 fully saturated rings. The van der Waals surface area contributed by atoms with Crippen LogP contribution in [0.3, 0.4) is 0 Å². The van der Waals surface area contributed by atoms with Crippen LogP contribution in [0.4, 0.5) is 0 Å². The summed E-state index contributed by atoms with van der Waals surface area (Å²) in [5.41, 5.74) is 5.62. The summed E-state index contributed by atoms with van der Waals surface area (Å²) in [6, 6.07) is 7.54. The number of rotatable bonds is 8. The second kappa shape index (κ2) is 8.11. The molecule has 0 aliphatic heterocycles. The van der Waals surface area contributed by atoms with Crippen molar-refractivity contribution in [3.8, 4) is 11.5 Å². The van der Waals surface area contributed by atoms with Crippen LogP contribution in [-0.4, -0.2) is 35.5 Å². The van der Waals surface area contributed by atoms with E-state index in [1.54, 1.807) is 7.11 Å². The predicted octanol–water partition coefficient (Wildman–Crippen LogP) is 1.56. The van der Waals surface area contributed by atoms with E-state index >= 15 is 0 Å². The topological polar surface area (TPSA) is 61.5 Å². The standard InChI is InChI=1S/C13H21NO3S/c1-11(14)7-9-18(15)10-8-17-13-6-4-3-5-12(13)16-2/h3-6,11H,7-10,14H2,1-2H3. The van der Waals surface area contributed by atoms with Gasteiger partial charge in [-0.2, -0.15) is 0 Å². The maximum absolute atomic E-state index is 11.6. The first-order valence-electron chi connectivity index (χ1n) is 6.00. The van der Waals surface area contributed by atoms with Gasteiger partial charge in [0, 0.05) is 22.6 Å². The molecular weight excluding hydrogens is 250 g/mol. The van der Waals surface area contributed by atoms with E-state index in [4.69, 9.17) is 15.2 Å². The molecule has 0 aliphatic carbocycles. The zero-order chi connectivity index (χ0) is 13.4. The van der Waals surface area contributed by atoms with Gasteiger partial charge in [-0.05, 0) is 25.5 Å². The largest absolute Gasteiger partial charge is 0.493 e. The van der Waals surface area contributed by atoms with Gasteiger partial charge in [-0.15, -0.1) is 0 Å². The molecule has 2 atom stereocenters. The monoisotopic (exact) mass is 271 g/mol. The third-order valence-electron chi connectivity index (χ3n) is 2.44. The lowest BCUT2D eigenvalue weighted by Crippen LogP contribution is -2.20. The highest BCUT2D eigenvalue weighted by Crippen LogP contribution is 2.25. The Morgan fingerprint density at radius 1 is 1.28 bits per heavy atom. The van der Waals surface area contributed by atoms with Gasteiger partial charge in [0.2, 0.25) is 0 Å². The zero-order valence-electron chi connectivity index (χ0n) is 10.9. The van der Waals surface area contributed by atoms with Gasteiger partial charge in [-0.1, -0.05) is 12.1 Å². The van der Waals surface area contributed by atoms with Gasteiger partial charge >= 0.3 is 0 Å². The highest BCUT2D eigenvalue weighted by atomic mass is 32.2. The van der Waals surface area contributed by atoms with E-state index in [1.807, 2.05) is 31.2 Å². The Morgan fingerprint density at radius 2 is 1.94 bits per heavy atom. The van der Waals surface area contributed by atoms with E-state index in [0.717, 1.165) is 6.42 Å². The molecule has 0 aromatic heterocycles. The molecule has 2 N–H and O–H groups in total. The molecule has 0 spiro atoms. The van der Waals surface area contributed by atoms with Crippen LogP contribution in [0.1, 0.15) is 13.3 Å². The third-order valence-corrected chi connectivity index (χ3v) is 3.75. The van der Waals surface area contributed by atoms with Crippen LogP contribution in [0.2, 0.25) is 0 Å². The Labute approximate surface area is 111 Å². The second-order valence-electron chi connectivity index (χ2n) is 4.11. The molecule has 0 radical (unpaired) electrons. The molecule has 4 nitrogen and oxygen atoms in total. The smallest absolute Gasteiger partial charge is 0.161 e. The minimum atomic E-state index is -0.869. The Morgan fingerprint density at radius 3 is 2.56 bits per heavy atom. The Bertz CT molecular complexity index is 382. The fraction of sp³-hybridized carbons (Fsp3) is 0.538. The summed E-state index contributed by atoms with van der Waals surface area (Å²) in [5.74, 6) is 2.53. The van der Waals surface area contributed by atoms with Crippen molar-refractivity contribution in [1.82, 2.24) is 0 Å². The Balaban J connectivity index is 2.31. The van der Waals surface area contributed by atoms with Crippen LogP contribution in [0.25, 0.3) is 0 Å². The fourth-order valence-electron chi connectivity index (χ4n) is 1.40. The van der Waals surface area contributed by atoms with Crippen molar-refractivity contribution in [3.63, 3.8) is 0 Å². The maximum atomic E-state index is 11.6. The number of ether oxygens (including phenoxy) is 2. The van der Waals surface area contributed by atoms with Gasteiger partial charge in [-0.3, -0.25) is 4.21 Å². The summed E-state index contributed by atoms with van der Waals surface area (Å²) >= 11 is 0. The number of para-hydroxylation sites is 2. The summed E-state index contributed by atoms with van der Waals surface area (Å²) in [6.45, 7) is 2.34. The molecule has 0 saturated carbocycles. The van der Waals surface area contributed by atoms with E-state index in [-0.39, 0.29) is 6.04 Å². The number of hydrogen-bond acceptors (Lipinski definition) is 4. The average Bonchev–Trinajstić information content (AvgIpc) is 2.37. The SMILES string of the molecule is COc1ccccc1OCCS(=O)CCC(C)N. The molecule has 0 amide bonds. The van der Waals surface area contributed by atoms with Crippen molar-refractivity contribution in [2.75, 3.05) is 25.2 Å². The summed E-state index contributed by atoms with van der Waals surface area (Å²) in [4.78, 5) is 0. The summed E-state index contributed by atoms with van der Waals surface area (Å²) < 4.78 is 22.4. The van der Waals surface area contributed by atoms with Gasteiger partial charge in [0.1, 0.15) is 0 Å². The molecule has 1 aromatic rings. The minimum Gasteiger partial charge on any atom is -0.493 e. The van der Waals surface area contributed by atoms with Crippen LogP contribution < -0.4 is 15.2 Å². The van der Waals surface area contributed by atoms with Gasteiger partial charge in [0.15, 0.2) is 11.5 Å². The first kappa shape index (κ1) is 15.0. The van der Waals surface area contributed by atoms with Crippen molar-refractivity contribution < 1.29 is 13.7 Å². The third kappa shape index (κ3) is 5.51. The van der Waals surface area contributed by atoms with Gasteiger partial charge in [0.25, 0.3) is 0 Å². The van der Waals surface area contributed by atoms with Crippen molar-refractivity contribution in [2.45, 2.75) is 19.4 Å². The number of nitrogens with two attached hydrogens (primary N) is 1. The van der Waals surface area contributed by atoms with E-state index in [2.05, 4.69) is 0 Å². The second-order valence-corrected chi connectivity index (χ2v) is 5.81. The average molecular weight is 271 g/mol. The highest BCUT2D eigenvalue weighted by molar-refractivity contribution is 7.84. The van der Waals surface area contributed by atoms with E-state index < -0.39 is 10.8 Å². The lowest BCUT2D eigenvalue weighted by molar-refractivity contribution is 0.312. The van der Waals surface area contributed by atoms with Crippen molar-refractivity contribution in [2.24, 2.45) is 5.73 Å². The number of methoxy groups -OCH3 is 1. The molecular formula is C13H21NO3S. The van der Waals surface area contributed by atoms with Gasteiger partial charge in [-0.25, -0.2) is 0 Å². The van der Waals surface area contributed by atoms with Crippen molar-refractivity contribution in [3.05, 3.63) is 24.3 Å². The highest BCUT2D eigenvalue weighted by Gasteiger charge is 2.05. The predicted molar refractivity (Wildman–Crippen MR) is 74.6 cm³/mol. The molecule has 0 bridgehead atoms. The maximum Gasteiger partial charge on any atom is 0.161 e. The van der Waals surface area contributed by atoms with Crippen molar-refractivity contribution >= 4 is 10.8 Å². The number of benzene rings is 1. The first-order valence-corrected chi connectivity index (χ1v) is 7.48.